The van der Waals surface area contributed by atoms with E-state index >= 15 is 0 Å². The van der Waals surface area contributed by atoms with Gasteiger partial charge in [-0.2, -0.15) is 0 Å². The first-order valence-electron chi connectivity index (χ1n) is 9.16. The Kier molecular flexibility index (Phi) is 10.8. The quantitative estimate of drug-likeness (QED) is 0.249. The first kappa shape index (κ1) is 24.5. The van der Waals surface area contributed by atoms with Gasteiger partial charge in [0.25, 0.3) is 0 Å². The molecule has 0 amide bonds. The largest absolute Gasteiger partial charge is 0.505 e. The Hall–Kier alpha value is 0.474. The van der Waals surface area contributed by atoms with E-state index in [4.69, 9.17) is 9.05 Å². The molecular weight excluding hydrogens is 362 g/mol. The van der Waals surface area contributed by atoms with Crippen LogP contribution in [0.25, 0.3) is 0 Å². The van der Waals surface area contributed by atoms with Gasteiger partial charge in [-0.15, -0.1) is 0 Å². The first-order valence-corrected chi connectivity index (χ1v) is 17.8. The lowest BCUT2D eigenvalue weighted by molar-refractivity contribution is -0.0644. The van der Waals surface area contributed by atoms with E-state index < -0.39 is 24.0 Å². The van der Waals surface area contributed by atoms with Crippen LogP contribution in [0.2, 0.25) is 39.3 Å². The maximum absolute atomic E-state index is 13.2. The summed E-state index contributed by atoms with van der Waals surface area (Å²) in [5.41, 5.74) is -0.486. The normalized spacial score (nSPS) is 18.2. The van der Waals surface area contributed by atoms with Gasteiger partial charge in [-0.3, -0.25) is 9.05 Å². The third kappa shape index (κ3) is 9.25. The third-order valence-corrected chi connectivity index (χ3v) is 10.4. The fraction of sp³-hybridized carbons (Fsp3) is 1.00. The molecule has 0 spiro atoms. The first-order chi connectivity index (χ1) is 10.9. The molecule has 0 aromatic carbocycles. The van der Waals surface area contributed by atoms with Crippen LogP contribution in [0.15, 0.2) is 0 Å². The number of phosphoric ester groups is 1. The SMILES string of the molecule is CCCCC(OP(=O)(OF)OC(CCCC)[Si](C)(C)C)[Si](C)(C)C. The lowest BCUT2D eigenvalue weighted by Gasteiger charge is -2.34. The Morgan fingerprint density at radius 2 is 1.17 bits per heavy atom. The lowest BCUT2D eigenvalue weighted by Crippen LogP contribution is -2.42. The maximum Gasteiger partial charge on any atom is 0.505 e. The molecule has 0 saturated carbocycles. The Labute approximate surface area is 150 Å². The molecule has 0 heterocycles. The highest BCUT2D eigenvalue weighted by Gasteiger charge is 2.42. The van der Waals surface area contributed by atoms with Gasteiger partial charge in [0.05, 0.1) is 27.6 Å². The summed E-state index contributed by atoms with van der Waals surface area (Å²) >= 11 is 0. The van der Waals surface area contributed by atoms with Crippen LogP contribution in [-0.2, 0) is 18.3 Å². The van der Waals surface area contributed by atoms with E-state index in [0.717, 1.165) is 38.5 Å². The van der Waals surface area contributed by atoms with Crippen molar-refractivity contribution in [3.63, 3.8) is 0 Å². The zero-order chi connectivity index (χ0) is 19.0. The van der Waals surface area contributed by atoms with Crippen molar-refractivity contribution >= 4 is 24.0 Å². The number of unbranched alkanes of at least 4 members (excludes halogenated alkanes) is 2. The summed E-state index contributed by atoms with van der Waals surface area (Å²) < 4.78 is 41.2. The Morgan fingerprint density at radius 1 is 0.833 bits per heavy atom. The fourth-order valence-corrected chi connectivity index (χ4v) is 8.83. The van der Waals surface area contributed by atoms with E-state index in [-0.39, 0.29) is 11.5 Å². The van der Waals surface area contributed by atoms with Crippen molar-refractivity contribution in [1.29, 1.82) is 0 Å². The van der Waals surface area contributed by atoms with Gasteiger partial charge in [0.2, 0.25) is 0 Å². The molecule has 146 valence electrons. The fourth-order valence-electron chi connectivity index (χ4n) is 2.44. The molecule has 0 bridgehead atoms. The number of phosphoric acid groups is 1. The molecular formula is C16H38FO4PSi2. The molecule has 0 aliphatic rings. The van der Waals surface area contributed by atoms with Crippen molar-refractivity contribution < 1.29 is 22.9 Å². The zero-order valence-electron chi connectivity index (χ0n) is 16.9. The minimum absolute atomic E-state index is 0.243. The van der Waals surface area contributed by atoms with E-state index in [0.29, 0.717) is 0 Å². The van der Waals surface area contributed by atoms with Gasteiger partial charge in [0.15, 0.2) is 0 Å². The summed E-state index contributed by atoms with van der Waals surface area (Å²) in [5.74, 6) is 0. The van der Waals surface area contributed by atoms with E-state index in [1.165, 1.54) is 0 Å². The van der Waals surface area contributed by atoms with Crippen molar-refractivity contribution in [1.82, 2.24) is 0 Å². The average Bonchev–Trinajstić information content (AvgIpc) is 2.45. The molecule has 0 aliphatic carbocycles. The smallest absolute Gasteiger partial charge is 0.285 e. The summed E-state index contributed by atoms with van der Waals surface area (Å²) in [6, 6.07) is 0. The molecule has 24 heavy (non-hydrogen) atoms. The number of rotatable bonds is 13. The Bertz CT molecular complexity index is 365. The summed E-state index contributed by atoms with van der Waals surface area (Å²) in [6.45, 7) is 17.0. The molecule has 4 nitrogen and oxygen atoms in total. The predicted octanol–water partition coefficient (Wildman–Crippen LogP) is 6.90. The van der Waals surface area contributed by atoms with E-state index in [9.17, 15) is 9.09 Å². The van der Waals surface area contributed by atoms with Crippen LogP contribution in [0.4, 0.5) is 4.53 Å². The van der Waals surface area contributed by atoms with Crippen LogP contribution >= 0.6 is 7.82 Å². The van der Waals surface area contributed by atoms with Gasteiger partial charge in [-0.1, -0.05) is 83.5 Å². The Balaban J connectivity index is 5.22. The van der Waals surface area contributed by atoms with E-state index in [1.54, 1.807) is 0 Å². The molecule has 8 heteroatoms. The number of halogens is 1. The van der Waals surface area contributed by atoms with Gasteiger partial charge in [0, 0.05) is 0 Å². The van der Waals surface area contributed by atoms with Crippen LogP contribution in [0.5, 0.6) is 0 Å². The van der Waals surface area contributed by atoms with E-state index in [1.807, 2.05) is 0 Å². The average molecular weight is 401 g/mol. The molecule has 0 saturated heterocycles. The van der Waals surface area contributed by atoms with Crippen molar-refractivity contribution in [3.05, 3.63) is 0 Å². The third-order valence-electron chi connectivity index (χ3n) is 4.17. The molecule has 0 aliphatic heterocycles. The summed E-state index contributed by atoms with van der Waals surface area (Å²) in [6.07, 6.45) is 5.45. The van der Waals surface area contributed by atoms with Crippen LogP contribution in [0, 0.1) is 0 Å². The molecule has 0 aromatic heterocycles. The van der Waals surface area contributed by atoms with Crippen LogP contribution in [-0.4, -0.2) is 27.6 Å². The highest BCUT2D eigenvalue weighted by atomic mass is 31.2. The zero-order valence-corrected chi connectivity index (χ0v) is 19.7. The van der Waals surface area contributed by atoms with Gasteiger partial charge in [0.1, 0.15) is 0 Å². The topological polar surface area (TPSA) is 44.8 Å². The summed E-state index contributed by atoms with van der Waals surface area (Å²) in [5, 5.41) is 0. The monoisotopic (exact) mass is 400 g/mol. The van der Waals surface area contributed by atoms with Crippen molar-refractivity contribution in [2.45, 2.75) is 103 Å². The minimum Gasteiger partial charge on any atom is -0.285 e. The highest BCUT2D eigenvalue weighted by Crippen LogP contribution is 2.54. The van der Waals surface area contributed by atoms with Crippen molar-refractivity contribution in [2.24, 2.45) is 0 Å². The summed E-state index contributed by atoms with van der Waals surface area (Å²) in [7, 11) is -7.75. The second-order valence-corrected chi connectivity index (χ2v) is 20.9. The maximum atomic E-state index is 13.2. The highest BCUT2D eigenvalue weighted by molar-refractivity contribution is 7.48. The van der Waals surface area contributed by atoms with Crippen LogP contribution in [0.3, 0.4) is 0 Å². The van der Waals surface area contributed by atoms with Crippen molar-refractivity contribution in [2.75, 3.05) is 0 Å². The molecule has 0 rings (SSSR count). The van der Waals surface area contributed by atoms with Gasteiger partial charge >= 0.3 is 7.82 Å². The molecule has 0 fully saturated rings. The lowest BCUT2D eigenvalue weighted by atomic mass is 10.3. The van der Waals surface area contributed by atoms with Crippen molar-refractivity contribution in [3.8, 4) is 0 Å². The minimum atomic E-state index is -4.18. The van der Waals surface area contributed by atoms with Crippen LogP contribution in [0.1, 0.15) is 52.4 Å². The number of hydrogen-bond acceptors (Lipinski definition) is 4. The van der Waals surface area contributed by atoms with E-state index in [2.05, 4.69) is 57.9 Å². The molecule has 2 unspecified atom stereocenters. The molecule has 0 radical (unpaired) electrons. The molecule has 0 N–H and O–H groups in total. The molecule has 2 atom stereocenters. The summed E-state index contributed by atoms with van der Waals surface area (Å²) in [4.78, 5) is 0. The number of hydrogen-bond donors (Lipinski definition) is 0. The second kappa shape index (κ2) is 10.6. The van der Waals surface area contributed by atoms with Gasteiger partial charge in [-0.05, 0) is 17.4 Å². The standard InChI is InChI=1S/C16H38FO4PSi2/c1-9-11-13-15(23(3,4)5)19-22(18,21-17)20-16(14-12-10-2)24(6,7)8/h15-16H,9-14H2,1-8H3. The van der Waals surface area contributed by atoms with Crippen LogP contribution < -0.4 is 0 Å². The Morgan fingerprint density at radius 3 is 1.38 bits per heavy atom. The second-order valence-electron chi connectivity index (χ2n) is 8.72. The molecule has 0 aromatic rings. The predicted molar refractivity (Wildman–Crippen MR) is 105 cm³/mol. The van der Waals surface area contributed by atoms with Gasteiger partial charge in [-0.25, -0.2) is 4.57 Å². The van der Waals surface area contributed by atoms with Gasteiger partial charge < -0.3 is 0 Å².